The Morgan fingerprint density at radius 1 is 0.939 bits per heavy atom. The molecule has 2 unspecified atom stereocenters. The lowest BCUT2D eigenvalue weighted by molar-refractivity contribution is -0.135. The fraction of sp³-hybridized carbons (Fsp3) is 0.240. The maximum absolute atomic E-state index is 13.0. The van der Waals surface area contributed by atoms with Crippen LogP contribution < -0.4 is 10.6 Å². The Balaban J connectivity index is 1.64. The van der Waals surface area contributed by atoms with E-state index in [1.54, 1.807) is 42.7 Å². The first-order valence-electron chi connectivity index (χ1n) is 10.4. The van der Waals surface area contributed by atoms with Crippen LogP contribution in [0.2, 0.25) is 0 Å². The molecular weight excluding hydrogens is 440 g/mol. The molecule has 8 heteroatoms. The van der Waals surface area contributed by atoms with Gasteiger partial charge in [-0.05, 0) is 36.2 Å². The molecule has 0 fully saturated rings. The van der Waals surface area contributed by atoms with Crippen molar-refractivity contribution >= 4 is 29.4 Å². The van der Waals surface area contributed by atoms with E-state index in [2.05, 4.69) is 10.6 Å². The predicted molar refractivity (Wildman–Crippen MR) is 127 cm³/mol. The van der Waals surface area contributed by atoms with Crippen LogP contribution in [0.4, 0.5) is 0 Å². The molecule has 0 aliphatic carbocycles. The van der Waals surface area contributed by atoms with Gasteiger partial charge < -0.3 is 19.8 Å². The van der Waals surface area contributed by atoms with E-state index in [1.807, 2.05) is 36.4 Å². The van der Waals surface area contributed by atoms with Crippen LogP contribution in [0.1, 0.15) is 21.7 Å². The second-order valence-corrected chi connectivity index (χ2v) is 8.23. The number of amides is 2. The molecule has 1 aromatic heterocycles. The van der Waals surface area contributed by atoms with Gasteiger partial charge in [0.05, 0.1) is 23.8 Å². The van der Waals surface area contributed by atoms with Crippen molar-refractivity contribution in [1.29, 1.82) is 0 Å². The predicted octanol–water partition coefficient (Wildman–Crippen LogP) is 3.21. The van der Waals surface area contributed by atoms with Crippen molar-refractivity contribution in [3.63, 3.8) is 0 Å². The number of ether oxygens (including phenoxy) is 1. The summed E-state index contributed by atoms with van der Waals surface area (Å²) in [6, 6.07) is 20.8. The molecule has 3 rings (SSSR count). The van der Waals surface area contributed by atoms with Crippen molar-refractivity contribution in [2.75, 3.05) is 12.9 Å². The topological polar surface area (TPSA) is 97.6 Å². The summed E-state index contributed by atoms with van der Waals surface area (Å²) in [5.41, 5.74) is 1.31. The Labute approximate surface area is 196 Å². The molecule has 0 radical (unpaired) electrons. The molecule has 3 aromatic rings. The number of carbonyl (C=O) groups excluding carboxylic acids is 3. The summed E-state index contributed by atoms with van der Waals surface area (Å²) >= 11 is 1.41. The molecule has 0 bridgehead atoms. The molecule has 0 aliphatic rings. The van der Waals surface area contributed by atoms with E-state index in [0.29, 0.717) is 17.7 Å². The zero-order chi connectivity index (χ0) is 23.5. The molecule has 2 atom stereocenters. The van der Waals surface area contributed by atoms with Crippen molar-refractivity contribution in [1.82, 2.24) is 10.6 Å². The van der Waals surface area contributed by atoms with Crippen LogP contribution in [-0.4, -0.2) is 42.7 Å². The normalized spacial score (nSPS) is 12.5. The number of rotatable bonds is 12. The van der Waals surface area contributed by atoms with Crippen LogP contribution in [0.3, 0.4) is 0 Å². The number of benzene rings is 2. The van der Waals surface area contributed by atoms with Crippen LogP contribution >= 0.6 is 11.8 Å². The summed E-state index contributed by atoms with van der Waals surface area (Å²) in [6.45, 7) is 0. The number of methoxy groups -OCH3 is 1. The molecule has 172 valence electrons. The molecule has 1 heterocycles. The number of thioether (sulfide) groups is 1. The first kappa shape index (κ1) is 24.3. The van der Waals surface area contributed by atoms with Gasteiger partial charge in [-0.3, -0.25) is 14.4 Å². The summed E-state index contributed by atoms with van der Waals surface area (Å²) in [5, 5.41) is 5.30. The summed E-state index contributed by atoms with van der Waals surface area (Å²) in [6.07, 6.45) is 0.681. The highest BCUT2D eigenvalue weighted by molar-refractivity contribution is 7.99. The standard InChI is InChI=1S/C25H26N2O5S/c1-31-25(27-23(29)19-11-6-3-7-12-19)24(30)26-21(15-18-9-4-2-5-10-18)22(28)17-33-16-20-13-8-14-32-20/h2-14,21,25H,15-17H2,1H3,(H,26,30)(H,27,29). The van der Waals surface area contributed by atoms with Gasteiger partial charge in [-0.15, -0.1) is 11.8 Å². The maximum atomic E-state index is 13.0. The molecule has 0 saturated heterocycles. The SMILES string of the molecule is COC(NC(=O)c1ccccc1)C(=O)NC(Cc1ccccc1)C(=O)CSCc1ccco1. The number of Topliss-reactive ketones (excluding diaryl/α,β-unsaturated/α-hetero) is 1. The van der Waals surface area contributed by atoms with Gasteiger partial charge in [0.2, 0.25) is 6.23 Å². The molecule has 0 spiro atoms. The van der Waals surface area contributed by atoms with E-state index in [0.717, 1.165) is 11.3 Å². The number of furan rings is 1. The molecule has 2 aromatic carbocycles. The van der Waals surface area contributed by atoms with Crippen LogP contribution in [-0.2, 0) is 26.5 Å². The lowest BCUT2D eigenvalue weighted by Crippen LogP contribution is -2.53. The van der Waals surface area contributed by atoms with Gasteiger partial charge >= 0.3 is 0 Å². The molecule has 33 heavy (non-hydrogen) atoms. The molecule has 2 amide bonds. The minimum absolute atomic E-state index is 0.131. The number of hydrogen-bond acceptors (Lipinski definition) is 6. The first-order chi connectivity index (χ1) is 16.1. The summed E-state index contributed by atoms with van der Waals surface area (Å²) < 4.78 is 10.5. The highest BCUT2D eigenvalue weighted by Gasteiger charge is 2.27. The lowest BCUT2D eigenvalue weighted by atomic mass is 10.0. The van der Waals surface area contributed by atoms with Crippen LogP contribution in [0.25, 0.3) is 0 Å². The third-order valence-electron chi connectivity index (χ3n) is 4.83. The zero-order valence-electron chi connectivity index (χ0n) is 18.2. The average molecular weight is 467 g/mol. The molecule has 2 N–H and O–H groups in total. The third-order valence-corrected chi connectivity index (χ3v) is 5.81. The van der Waals surface area contributed by atoms with Gasteiger partial charge in [0.25, 0.3) is 11.8 Å². The monoisotopic (exact) mass is 466 g/mol. The van der Waals surface area contributed by atoms with Gasteiger partial charge in [0.15, 0.2) is 5.78 Å². The molecule has 7 nitrogen and oxygen atoms in total. The van der Waals surface area contributed by atoms with E-state index in [9.17, 15) is 14.4 Å². The average Bonchev–Trinajstić information content (AvgIpc) is 3.36. The highest BCUT2D eigenvalue weighted by Crippen LogP contribution is 2.14. The zero-order valence-corrected chi connectivity index (χ0v) is 19.0. The van der Waals surface area contributed by atoms with E-state index in [-0.39, 0.29) is 11.5 Å². The van der Waals surface area contributed by atoms with Crippen LogP contribution in [0.15, 0.2) is 83.5 Å². The van der Waals surface area contributed by atoms with E-state index in [4.69, 9.17) is 9.15 Å². The summed E-state index contributed by atoms with van der Waals surface area (Å²) in [7, 11) is 1.32. The van der Waals surface area contributed by atoms with E-state index < -0.39 is 24.1 Å². The lowest BCUT2D eigenvalue weighted by Gasteiger charge is -2.22. The Kier molecular flexibility index (Phi) is 9.29. The van der Waals surface area contributed by atoms with Gasteiger partial charge in [0.1, 0.15) is 5.76 Å². The van der Waals surface area contributed by atoms with Crippen molar-refractivity contribution in [3.8, 4) is 0 Å². The largest absolute Gasteiger partial charge is 0.468 e. The van der Waals surface area contributed by atoms with Crippen LogP contribution in [0.5, 0.6) is 0 Å². The van der Waals surface area contributed by atoms with E-state index in [1.165, 1.54) is 18.9 Å². The third kappa shape index (κ3) is 7.62. The minimum atomic E-state index is -1.24. The number of hydrogen-bond donors (Lipinski definition) is 2. The summed E-state index contributed by atoms with van der Waals surface area (Å²) in [4.78, 5) is 38.3. The van der Waals surface area contributed by atoms with E-state index >= 15 is 0 Å². The molecule has 0 saturated carbocycles. The van der Waals surface area contributed by atoms with Gasteiger partial charge in [-0.2, -0.15) is 0 Å². The Morgan fingerprint density at radius 3 is 2.27 bits per heavy atom. The van der Waals surface area contributed by atoms with Crippen LogP contribution in [0, 0.1) is 0 Å². The second kappa shape index (κ2) is 12.6. The second-order valence-electron chi connectivity index (χ2n) is 7.24. The smallest absolute Gasteiger partial charge is 0.270 e. The number of ketones is 1. The summed E-state index contributed by atoms with van der Waals surface area (Å²) in [5.74, 6) is 0.364. The van der Waals surface area contributed by atoms with Gasteiger partial charge in [-0.1, -0.05) is 48.5 Å². The fourth-order valence-corrected chi connectivity index (χ4v) is 3.98. The first-order valence-corrected chi connectivity index (χ1v) is 11.6. The molecule has 0 aliphatic heterocycles. The van der Waals surface area contributed by atoms with Crippen molar-refractivity contribution in [2.45, 2.75) is 24.4 Å². The fourth-order valence-electron chi connectivity index (χ4n) is 3.11. The maximum Gasteiger partial charge on any atom is 0.270 e. The van der Waals surface area contributed by atoms with Gasteiger partial charge in [0, 0.05) is 12.7 Å². The van der Waals surface area contributed by atoms with Crippen molar-refractivity contribution < 1.29 is 23.5 Å². The van der Waals surface area contributed by atoms with Crippen molar-refractivity contribution in [2.24, 2.45) is 0 Å². The number of carbonyl (C=O) groups is 3. The molecular formula is C25H26N2O5S. The van der Waals surface area contributed by atoms with Crippen molar-refractivity contribution in [3.05, 3.63) is 95.9 Å². The Morgan fingerprint density at radius 2 is 1.64 bits per heavy atom. The quantitative estimate of drug-likeness (QED) is 0.398. The minimum Gasteiger partial charge on any atom is -0.468 e. The number of nitrogens with one attached hydrogen (secondary N) is 2. The highest BCUT2D eigenvalue weighted by atomic mass is 32.2. The Bertz CT molecular complexity index is 1030. The Hall–Kier alpha value is -3.36. The van der Waals surface area contributed by atoms with Gasteiger partial charge in [-0.25, -0.2) is 0 Å².